The van der Waals surface area contributed by atoms with Gasteiger partial charge >= 0.3 is 12.0 Å². The number of aromatic nitrogens is 1. The second kappa shape index (κ2) is 7.02. The Kier molecular flexibility index (Phi) is 5.65. The summed E-state index contributed by atoms with van der Waals surface area (Å²) in [6.45, 7) is 5.03. The number of primary amides is 1. The molecule has 0 radical (unpaired) electrons. The number of hydrogen-bond acceptors (Lipinski definition) is 5. The first-order chi connectivity index (χ1) is 9.72. The van der Waals surface area contributed by atoms with Crippen molar-refractivity contribution in [3.63, 3.8) is 0 Å². The van der Waals surface area contributed by atoms with Gasteiger partial charge in [0.2, 0.25) is 5.91 Å². The minimum atomic E-state index is -1.12. The van der Waals surface area contributed by atoms with Crippen molar-refractivity contribution >= 4 is 29.2 Å². The highest BCUT2D eigenvalue weighted by Crippen LogP contribution is 2.18. The van der Waals surface area contributed by atoms with Gasteiger partial charge in [-0.2, -0.15) is 0 Å². The SMILES string of the molecule is CC(NC(=O)N(CC(N)=O)C(C)C)c1nc(C(=O)O)cs1. The molecule has 0 aliphatic heterocycles. The van der Waals surface area contributed by atoms with Crippen LogP contribution >= 0.6 is 11.3 Å². The van der Waals surface area contributed by atoms with Crippen LogP contribution in [0.3, 0.4) is 0 Å². The van der Waals surface area contributed by atoms with Gasteiger partial charge in [-0.1, -0.05) is 0 Å². The predicted octanol–water partition coefficient (Wildman–Crippen LogP) is 0.808. The van der Waals surface area contributed by atoms with E-state index in [0.29, 0.717) is 5.01 Å². The van der Waals surface area contributed by atoms with Gasteiger partial charge in [-0.05, 0) is 20.8 Å². The molecule has 21 heavy (non-hydrogen) atoms. The van der Waals surface area contributed by atoms with Gasteiger partial charge in [-0.15, -0.1) is 11.3 Å². The second-order valence-electron chi connectivity index (χ2n) is 4.74. The van der Waals surface area contributed by atoms with Crippen LogP contribution in [0, 0.1) is 0 Å². The number of nitrogens with zero attached hydrogens (tertiary/aromatic N) is 2. The molecule has 1 atom stereocenters. The zero-order valence-electron chi connectivity index (χ0n) is 12.0. The van der Waals surface area contributed by atoms with Crippen molar-refractivity contribution in [3.8, 4) is 0 Å². The maximum Gasteiger partial charge on any atom is 0.355 e. The number of carboxylic acid groups (broad SMARTS) is 1. The van der Waals surface area contributed by atoms with Gasteiger partial charge in [0, 0.05) is 11.4 Å². The van der Waals surface area contributed by atoms with Crippen molar-refractivity contribution in [2.24, 2.45) is 5.73 Å². The van der Waals surface area contributed by atoms with Gasteiger partial charge in [0.05, 0.1) is 6.04 Å². The summed E-state index contributed by atoms with van der Waals surface area (Å²) >= 11 is 1.15. The van der Waals surface area contributed by atoms with Gasteiger partial charge in [-0.25, -0.2) is 14.6 Å². The topological polar surface area (TPSA) is 126 Å². The molecule has 3 amide bonds. The van der Waals surface area contributed by atoms with E-state index in [9.17, 15) is 14.4 Å². The molecule has 0 aliphatic rings. The third-order valence-corrected chi connectivity index (χ3v) is 3.69. The molecule has 0 aliphatic carbocycles. The fourth-order valence-corrected chi connectivity index (χ4v) is 2.37. The van der Waals surface area contributed by atoms with Crippen LogP contribution in [0.5, 0.6) is 0 Å². The van der Waals surface area contributed by atoms with E-state index < -0.39 is 23.9 Å². The van der Waals surface area contributed by atoms with Crippen molar-refractivity contribution in [1.82, 2.24) is 15.2 Å². The van der Waals surface area contributed by atoms with Gasteiger partial charge < -0.3 is 21.1 Å². The van der Waals surface area contributed by atoms with Gasteiger partial charge in [0.25, 0.3) is 0 Å². The Morgan fingerprint density at radius 2 is 2.05 bits per heavy atom. The van der Waals surface area contributed by atoms with Crippen molar-refractivity contribution in [3.05, 3.63) is 16.1 Å². The van der Waals surface area contributed by atoms with E-state index in [4.69, 9.17) is 10.8 Å². The fourth-order valence-electron chi connectivity index (χ4n) is 1.57. The minimum Gasteiger partial charge on any atom is -0.476 e. The van der Waals surface area contributed by atoms with Crippen LogP contribution in [-0.2, 0) is 4.79 Å². The Labute approximate surface area is 126 Å². The summed E-state index contributed by atoms with van der Waals surface area (Å²) in [4.78, 5) is 39.1. The van der Waals surface area contributed by atoms with Crippen LogP contribution in [0.2, 0.25) is 0 Å². The zero-order chi connectivity index (χ0) is 16.2. The molecule has 0 fully saturated rings. The van der Waals surface area contributed by atoms with Crippen molar-refractivity contribution in [2.45, 2.75) is 32.9 Å². The Balaban J connectivity index is 2.75. The number of carbonyl (C=O) groups excluding carboxylic acids is 2. The summed E-state index contributed by atoms with van der Waals surface area (Å²) in [6.07, 6.45) is 0. The number of rotatable bonds is 6. The van der Waals surface area contributed by atoms with E-state index in [-0.39, 0.29) is 18.3 Å². The Hall–Kier alpha value is -2.16. The summed E-state index contributed by atoms with van der Waals surface area (Å²) < 4.78 is 0. The average molecular weight is 314 g/mol. The van der Waals surface area contributed by atoms with Crippen LogP contribution in [0.25, 0.3) is 0 Å². The molecule has 0 spiro atoms. The lowest BCUT2D eigenvalue weighted by Gasteiger charge is -2.26. The summed E-state index contributed by atoms with van der Waals surface area (Å²) in [5.41, 5.74) is 5.05. The smallest absolute Gasteiger partial charge is 0.355 e. The number of hydrogen-bond donors (Lipinski definition) is 3. The number of aromatic carboxylic acids is 1. The van der Waals surface area contributed by atoms with Crippen LogP contribution in [0.15, 0.2) is 5.38 Å². The number of urea groups is 1. The third-order valence-electron chi connectivity index (χ3n) is 2.66. The lowest BCUT2D eigenvalue weighted by atomic mass is 10.3. The van der Waals surface area contributed by atoms with Crippen LogP contribution in [0.4, 0.5) is 4.79 Å². The lowest BCUT2D eigenvalue weighted by Crippen LogP contribution is -2.48. The molecule has 0 bridgehead atoms. The van der Waals surface area contributed by atoms with E-state index in [2.05, 4.69) is 10.3 Å². The van der Waals surface area contributed by atoms with Crippen molar-refractivity contribution < 1.29 is 19.5 Å². The molecule has 1 aromatic heterocycles. The molecule has 1 heterocycles. The molecular weight excluding hydrogens is 296 g/mol. The van der Waals surface area contributed by atoms with Crippen LogP contribution < -0.4 is 11.1 Å². The minimum absolute atomic E-state index is 0.0612. The zero-order valence-corrected chi connectivity index (χ0v) is 12.8. The maximum absolute atomic E-state index is 12.1. The van der Waals surface area contributed by atoms with Crippen LogP contribution in [-0.4, -0.2) is 45.5 Å². The Morgan fingerprint density at radius 1 is 1.43 bits per heavy atom. The average Bonchev–Trinajstić information content (AvgIpc) is 2.84. The third kappa shape index (κ3) is 4.71. The quantitative estimate of drug-likeness (QED) is 0.716. The molecular formula is C12H18N4O4S. The van der Waals surface area contributed by atoms with E-state index in [0.717, 1.165) is 11.3 Å². The van der Waals surface area contributed by atoms with Gasteiger partial charge in [0.1, 0.15) is 11.6 Å². The van der Waals surface area contributed by atoms with Gasteiger partial charge in [-0.3, -0.25) is 4.79 Å². The summed E-state index contributed by atoms with van der Waals surface area (Å²) in [6, 6.07) is -1.12. The second-order valence-corrected chi connectivity index (χ2v) is 5.62. The maximum atomic E-state index is 12.1. The molecule has 8 nitrogen and oxygen atoms in total. The summed E-state index contributed by atoms with van der Waals surface area (Å²) in [7, 11) is 0. The highest BCUT2D eigenvalue weighted by molar-refractivity contribution is 7.09. The van der Waals surface area contributed by atoms with E-state index in [1.807, 2.05) is 0 Å². The number of thiazole rings is 1. The number of nitrogens with one attached hydrogen (secondary N) is 1. The number of carbonyl (C=O) groups is 3. The summed E-state index contributed by atoms with van der Waals surface area (Å²) in [5.74, 6) is -1.72. The first-order valence-corrected chi connectivity index (χ1v) is 7.14. The van der Waals surface area contributed by atoms with E-state index >= 15 is 0 Å². The van der Waals surface area contributed by atoms with Gasteiger partial charge in [0.15, 0.2) is 5.69 Å². The normalized spacial score (nSPS) is 12.0. The monoisotopic (exact) mass is 314 g/mol. The number of amides is 3. The molecule has 1 rings (SSSR count). The Bertz CT molecular complexity index is 543. The predicted molar refractivity (Wildman–Crippen MR) is 77.1 cm³/mol. The molecule has 1 unspecified atom stereocenters. The standard InChI is InChI=1S/C12H18N4O4S/c1-6(2)16(4-9(13)17)12(20)14-7(3)10-15-8(5-21-10)11(18)19/h5-7H,4H2,1-3H3,(H2,13,17)(H,14,20)(H,18,19). The first-order valence-electron chi connectivity index (χ1n) is 6.26. The van der Waals surface area contributed by atoms with Crippen LogP contribution in [0.1, 0.15) is 42.3 Å². The number of carboxylic acids is 1. The molecule has 4 N–H and O–H groups in total. The fraction of sp³-hybridized carbons (Fsp3) is 0.500. The largest absolute Gasteiger partial charge is 0.476 e. The highest BCUT2D eigenvalue weighted by atomic mass is 32.1. The molecule has 0 aromatic carbocycles. The molecule has 9 heteroatoms. The highest BCUT2D eigenvalue weighted by Gasteiger charge is 2.22. The van der Waals surface area contributed by atoms with Crippen molar-refractivity contribution in [1.29, 1.82) is 0 Å². The Morgan fingerprint density at radius 3 is 2.48 bits per heavy atom. The van der Waals surface area contributed by atoms with E-state index in [1.165, 1.54) is 10.3 Å². The van der Waals surface area contributed by atoms with E-state index in [1.54, 1.807) is 20.8 Å². The lowest BCUT2D eigenvalue weighted by molar-refractivity contribution is -0.118. The number of nitrogens with two attached hydrogens (primary N) is 1. The summed E-state index contributed by atoms with van der Waals surface area (Å²) in [5, 5.41) is 13.4. The molecule has 1 aromatic rings. The van der Waals surface area contributed by atoms with Crippen molar-refractivity contribution in [2.75, 3.05) is 6.54 Å². The molecule has 0 saturated heterocycles. The molecule has 116 valence electrons. The first kappa shape index (κ1) is 16.9. The molecule has 0 saturated carbocycles.